The number of likely N-dealkylation sites (tertiary alicyclic amines) is 1. The van der Waals surface area contributed by atoms with Crippen molar-refractivity contribution in [3.63, 3.8) is 0 Å². The minimum Gasteiger partial charge on any atom is -0.316 e. The summed E-state index contributed by atoms with van der Waals surface area (Å²) in [6.45, 7) is 8.68. The van der Waals surface area contributed by atoms with Gasteiger partial charge < -0.3 is 10.2 Å². The molecule has 0 amide bonds. The van der Waals surface area contributed by atoms with Crippen LogP contribution in [-0.4, -0.2) is 37.6 Å². The van der Waals surface area contributed by atoms with Crippen LogP contribution in [0.5, 0.6) is 0 Å². The zero-order valence-electron chi connectivity index (χ0n) is 10.9. The average molecular weight is 224 g/mol. The van der Waals surface area contributed by atoms with Crippen LogP contribution >= 0.6 is 0 Å². The summed E-state index contributed by atoms with van der Waals surface area (Å²) in [5.41, 5.74) is 0.610. The van der Waals surface area contributed by atoms with Gasteiger partial charge in [0.25, 0.3) is 0 Å². The van der Waals surface area contributed by atoms with Gasteiger partial charge in [0.05, 0.1) is 0 Å². The van der Waals surface area contributed by atoms with E-state index < -0.39 is 0 Å². The molecule has 94 valence electrons. The quantitative estimate of drug-likeness (QED) is 0.772. The van der Waals surface area contributed by atoms with Crippen molar-refractivity contribution >= 4 is 0 Å². The van der Waals surface area contributed by atoms with Crippen LogP contribution in [0, 0.1) is 5.41 Å². The summed E-state index contributed by atoms with van der Waals surface area (Å²) < 4.78 is 0. The Bertz CT molecular complexity index is 191. The highest BCUT2D eigenvalue weighted by atomic mass is 15.1. The summed E-state index contributed by atoms with van der Waals surface area (Å²) in [4.78, 5) is 2.71. The Morgan fingerprint density at radius 1 is 1.00 bits per heavy atom. The molecule has 2 aliphatic rings. The zero-order valence-corrected chi connectivity index (χ0v) is 10.9. The third-order valence-electron chi connectivity index (χ3n) is 4.42. The van der Waals surface area contributed by atoms with E-state index in [0.717, 1.165) is 6.54 Å². The van der Waals surface area contributed by atoms with E-state index in [0.29, 0.717) is 5.41 Å². The van der Waals surface area contributed by atoms with Crippen molar-refractivity contribution in [2.45, 2.75) is 51.9 Å². The van der Waals surface area contributed by atoms with E-state index in [1.165, 1.54) is 71.1 Å². The van der Waals surface area contributed by atoms with Gasteiger partial charge in [-0.05, 0) is 50.7 Å². The first-order valence-electron chi connectivity index (χ1n) is 7.28. The van der Waals surface area contributed by atoms with Gasteiger partial charge in [0.15, 0.2) is 0 Å². The molecular formula is C14H28N2. The maximum absolute atomic E-state index is 3.61. The van der Waals surface area contributed by atoms with Crippen molar-refractivity contribution < 1.29 is 0 Å². The maximum atomic E-state index is 3.61. The molecule has 0 atom stereocenters. The Morgan fingerprint density at radius 3 is 2.31 bits per heavy atom. The van der Waals surface area contributed by atoms with Crippen molar-refractivity contribution in [1.82, 2.24) is 10.2 Å². The number of hydrogen-bond donors (Lipinski definition) is 1. The van der Waals surface area contributed by atoms with E-state index >= 15 is 0 Å². The van der Waals surface area contributed by atoms with Crippen molar-refractivity contribution in [2.75, 3.05) is 32.7 Å². The monoisotopic (exact) mass is 224 g/mol. The van der Waals surface area contributed by atoms with Crippen LogP contribution in [0.2, 0.25) is 0 Å². The molecule has 1 aliphatic carbocycles. The minimum absolute atomic E-state index is 0.610. The number of rotatable bonds is 5. The molecule has 0 unspecified atom stereocenters. The lowest BCUT2D eigenvalue weighted by atomic mass is 9.73. The lowest BCUT2D eigenvalue weighted by Crippen LogP contribution is -2.44. The minimum atomic E-state index is 0.610. The van der Waals surface area contributed by atoms with Gasteiger partial charge in [0, 0.05) is 13.1 Å². The molecule has 2 heteroatoms. The fourth-order valence-corrected chi connectivity index (χ4v) is 3.50. The highest BCUT2D eigenvalue weighted by molar-refractivity contribution is 4.88. The Labute approximate surface area is 101 Å². The lowest BCUT2D eigenvalue weighted by molar-refractivity contribution is 0.117. The average Bonchev–Trinajstić information content (AvgIpc) is 2.80. The van der Waals surface area contributed by atoms with E-state index in [4.69, 9.17) is 0 Å². The van der Waals surface area contributed by atoms with Gasteiger partial charge in [-0.3, -0.25) is 0 Å². The zero-order chi connectivity index (χ0) is 11.3. The van der Waals surface area contributed by atoms with E-state index in [2.05, 4.69) is 17.1 Å². The van der Waals surface area contributed by atoms with Gasteiger partial charge in [0.2, 0.25) is 0 Å². The Kier molecular flexibility index (Phi) is 4.66. The maximum Gasteiger partial charge on any atom is 0.00501 e. The van der Waals surface area contributed by atoms with E-state index in [-0.39, 0.29) is 0 Å². The smallest absolute Gasteiger partial charge is 0.00501 e. The summed E-state index contributed by atoms with van der Waals surface area (Å²) in [6.07, 6.45) is 10.1. The van der Waals surface area contributed by atoms with Gasteiger partial charge >= 0.3 is 0 Å². The Hall–Kier alpha value is -0.0800. The van der Waals surface area contributed by atoms with Crippen molar-refractivity contribution in [1.29, 1.82) is 0 Å². The lowest BCUT2D eigenvalue weighted by Gasteiger charge is -2.40. The molecule has 16 heavy (non-hydrogen) atoms. The third kappa shape index (κ3) is 3.21. The molecule has 1 heterocycles. The highest BCUT2D eigenvalue weighted by Crippen LogP contribution is 2.37. The van der Waals surface area contributed by atoms with Crippen molar-refractivity contribution in [3.05, 3.63) is 0 Å². The van der Waals surface area contributed by atoms with Crippen LogP contribution in [0.25, 0.3) is 0 Å². The topological polar surface area (TPSA) is 15.3 Å². The van der Waals surface area contributed by atoms with Gasteiger partial charge in [-0.15, -0.1) is 0 Å². The molecule has 0 aromatic heterocycles. The van der Waals surface area contributed by atoms with Crippen molar-refractivity contribution in [3.8, 4) is 0 Å². The molecule has 1 saturated carbocycles. The van der Waals surface area contributed by atoms with Gasteiger partial charge in [-0.1, -0.05) is 26.2 Å². The highest BCUT2D eigenvalue weighted by Gasteiger charge is 2.33. The molecular weight excluding hydrogens is 196 g/mol. The normalized spacial score (nSPS) is 26.1. The fourth-order valence-electron chi connectivity index (χ4n) is 3.50. The van der Waals surface area contributed by atoms with Crippen LogP contribution in [0.1, 0.15) is 51.9 Å². The largest absolute Gasteiger partial charge is 0.316 e. The first kappa shape index (κ1) is 12.4. The predicted octanol–water partition coefficient (Wildman–Crippen LogP) is 2.64. The Morgan fingerprint density at radius 2 is 1.69 bits per heavy atom. The molecule has 0 aromatic rings. The molecule has 1 saturated heterocycles. The van der Waals surface area contributed by atoms with E-state index in [1.54, 1.807) is 0 Å². The molecule has 0 spiro atoms. The number of nitrogens with zero attached hydrogens (tertiary/aromatic N) is 1. The standard InChI is InChI=1S/C14H28N2/c1-2-15-12-14(8-4-3-5-9-14)13-16-10-6-7-11-16/h15H,2-13H2,1H3. The van der Waals surface area contributed by atoms with Gasteiger partial charge in [-0.2, -0.15) is 0 Å². The molecule has 1 aliphatic heterocycles. The summed E-state index contributed by atoms with van der Waals surface area (Å²) >= 11 is 0. The van der Waals surface area contributed by atoms with E-state index in [1.807, 2.05) is 0 Å². The molecule has 2 fully saturated rings. The van der Waals surface area contributed by atoms with E-state index in [9.17, 15) is 0 Å². The van der Waals surface area contributed by atoms with Crippen LogP contribution in [0.3, 0.4) is 0 Å². The summed E-state index contributed by atoms with van der Waals surface area (Å²) in [5.74, 6) is 0. The first-order valence-corrected chi connectivity index (χ1v) is 7.28. The van der Waals surface area contributed by atoms with Crippen LogP contribution in [0.4, 0.5) is 0 Å². The number of nitrogens with one attached hydrogen (secondary N) is 1. The third-order valence-corrected chi connectivity index (χ3v) is 4.42. The van der Waals surface area contributed by atoms with Crippen LogP contribution < -0.4 is 5.32 Å². The molecule has 1 N–H and O–H groups in total. The molecule has 2 rings (SSSR count). The van der Waals surface area contributed by atoms with Crippen LogP contribution in [-0.2, 0) is 0 Å². The second-order valence-corrected chi connectivity index (χ2v) is 5.82. The second kappa shape index (κ2) is 6.02. The molecule has 0 bridgehead atoms. The Balaban J connectivity index is 1.89. The molecule has 0 aromatic carbocycles. The molecule has 2 nitrogen and oxygen atoms in total. The second-order valence-electron chi connectivity index (χ2n) is 5.82. The first-order chi connectivity index (χ1) is 7.85. The van der Waals surface area contributed by atoms with Crippen molar-refractivity contribution in [2.24, 2.45) is 5.41 Å². The summed E-state index contributed by atoms with van der Waals surface area (Å²) in [7, 11) is 0. The number of hydrogen-bond acceptors (Lipinski definition) is 2. The van der Waals surface area contributed by atoms with Gasteiger partial charge in [-0.25, -0.2) is 0 Å². The van der Waals surface area contributed by atoms with Gasteiger partial charge in [0.1, 0.15) is 0 Å². The summed E-state index contributed by atoms with van der Waals surface area (Å²) in [6, 6.07) is 0. The molecule has 0 radical (unpaired) electrons. The predicted molar refractivity (Wildman–Crippen MR) is 69.7 cm³/mol. The SMILES string of the molecule is CCNCC1(CN2CCCC2)CCCCC1. The summed E-state index contributed by atoms with van der Waals surface area (Å²) in [5, 5.41) is 3.61. The fraction of sp³-hybridized carbons (Fsp3) is 1.00. The van der Waals surface area contributed by atoms with Crippen LogP contribution in [0.15, 0.2) is 0 Å².